The fourth-order valence-corrected chi connectivity index (χ4v) is 6.69. The third kappa shape index (κ3) is 8.51. The van der Waals surface area contributed by atoms with E-state index in [0.29, 0.717) is 5.92 Å². The first-order chi connectivity index (χ1) is 20.3. The molecule has 0 unspecified atom stereocenters. The van der Waals surface area contributed by atoms with E-state index in [-0.39, 0.29) is 72.7 Å². The molecule has 0 aliphatic heterocycles. The molecule has 5 aromatic rings. The standard InChI is InChI=1S/C23H30.C21H25.2ClH.Zr/c1-8-17-20-13-15(22(2,3)4)9-11-18(20)19-12-10-16(14-21(17)19)23(5,6)7;1-20(2,3)16-7-9-18-14(12-16)11-15-13-17(21(4,5)6)8-10-19(15)18;;;/h9-14,17H,8H2,1-7H3;7-13H,1-6H3;2*1H;/q;-1;;;+3/p-2. The number of hydrogen-bond donors (Lipinski definition) is 0. The molecule has 0 N–H and O–H groups in total. The first-order valence-electron chi connectivity index (χ1n) is 16.7. The molecule has 5 aromatic carbocycles. The van der Waals surface area contributed by atoms with Crippen LogP contribution in [0.25, 0.3) is 32.7 Å². The predicted molar refractivity (Wildman–Crippen MR) is 196 cm³/mol. The fourth-order valence-electron chi connectivity index (χ4n) is 6.69. The van der Waals surface area contributed by atoms with Crippen LogP contribution in [0.3, 0.4) is 0 Å². The first kappa shape index (κ1) is 41.4. The molecule has 1 aliphatic carbocycles. The van der Waals surface area contributed by atoms with Crippen molar-refractivity contribution in [1.82, 2.24) is 0 Å². The second-order valence-electron chi connectivity index (χ2n) is 17.3. The average molecular weight is 746 g/mol. The first-order valence-corrected chi connectivity index (χ1v) is 16.7. The predicted octanol–water partition coefficient (Wildman–Crippen LogP) is 7.12. The molecule has 0 heterocycles. The second kappa shape index (κ2) is 14.6. The molecule has 0 saturated heterocycles. The monoisotopic (exact) mass is 743 g/mol. The van der Waals surface area contributed by atoms with Crippen LogP contribution in [0.4, 0.5) is 0 Å². The van der Waals surface area contributed by atoms with Crippen LogP contribution in [-0.4, -0.2) is 0 Å². The van der Waals surface area contributed by atoms with Gasteiger partial charge in [0.15, 0.2) is 0 Å². The molecule has 0 fully saturated rings. The Morgan fingerprint density at radius 1 is 0.468 bits per heavy atom. The average Bonchev–Trinajstić information content (AvgIpc) is 3.44. The Bertz CT molecular complexity index is 1700. The Morgan fingerprint density at radius 3 is 1.06 bits per heavy atom. The van der Waals surface area contributed by atoms with Crippen molar-refractivity contribution < 1.29 is 51.0 Å². The molecule has 3 heteroatoms. The molecular formula is C44H55Cl2Zr. The summed E-state index contributed by atoms with van der Waals surface area (Å²) in [5, 5.41) is 5.48. The van der Waals surface area contributed by atoms with Gasteiger partial charge in [-0.2, -0.15) is 0 Å². The fraction of sp³-hybridized carbons (Fsp3) is 0.432. The van der Waals surface area contributed by atoms with Crippen molar-refractivity contribution in [2.45, 2.75) is 124 Å². The normalized spacial score (nSPS) is 13.1. The number of hydrogen-bond acceptors (Lipinski definition) is 0. The van der Waals surface area contributed by atoms with Crippen molar-refractivity contribution in [3.05, 3.63) is 112 Å². The SMILES string of the molecule is CC(C)(C)c1ccc2c(c1)[cH-]c1cc(C(C)(C)C)ccc12.CCC1c2cc(C(C)(C)C)ccc2-c2ccc(C(C)(C)C)cc21.[Cl-].[Cl-].[Zr+3]. The zero-order chi connectivity index (χ0) is 32.4. The zero-order valence-corrected chi connectivity index (χ0v) is 35.0. The molecule has 0 spiro atoms. The van der Waals surface area contributed by atoms with Gasteiger partial charge in [0.05, 0.1) is 0 Å². The van der Waals surface area contributed by atoms with Gasteiger partial charge in [0, 0.05) is 5.92 Å². The van der Waals surface area contributed by atoms with Crippen LogP contribution in [-0.2, 0) is 47.9 Å². The third-order valence-corrected chi connectivity index (χ3v) is 9.72. The van der Waals surface area contributed by atoms with Crippen LogP contribution in [0.2, 0.25) is 0 Å². The maximum Gasteiger partial charge on any atom is 3.00 e. The van der Waals surface area contributed by atoms with E-state index in [1.807, 2.05) is 0 Å². The smallest absolute Gasteiger partial charge is 1.00 e. The van der Waals surface area contributed by atoms with Gasteiger partial charge in [-0.25, -0.2) is 0 Å². The van der Waals surface area contributed by atoms with Crippen LogP contribution >= 0.6 is 0 Å². The van der Waals surface area contributed by atoms with Crippen molar-refractivity contribution in [2.24, 2.45) is 0 Å². The van der Waals surface area contributed by atoms with Crippen molar-refractivity contribution in [1.29, 1.82) is 0 Å². The van der Waals surface area contributed by atoms with Gasteiger partial charge in [-0.15, -0.1) is 39.7 Å². The van der Waals surface area contributed by atoms with Crippen molar-refractivity contribution in [2.75, 3.05) is 0 Å². The Morgan fingerprint density at radius 2 is 0.766 bits per heavy atom. The quantitative estimate of drug-likeness (QED) is 0.161. The number of halogens is 2. The van der Waals surface area contributed by atoms with Gasteiger partial charge in [0.1, 0.15) is 0 Å². The van der Waals surface area contributed by atoms with Crippen molar-refractivity contribution in [3.8, 4) is 11.1 Å². The molecule has 0 atom stereocenters. The maximum atomic E-state index is 2.46. The van der Waals surface area contributed by atoms with E-state index < -0.39 is 0 Å². The van der Waals surface area contributed by atoms with Gasteiger partial charge in [-0.3, -0.25) is 0 Å². The molecule has 6 rings (SSSR count). The summed E-state index contributed by atoms with van der Waals surface area (Å²) in [4.78, 5) is 0. The summed E-state index contributed by atoms with van der Waals surface area (Å²) in [6.07, 6.45) is 1.17. The molecule has 1 radical (unpaired) electrons. The summed E-state index contributed by atoms with van der Waals surface area (Å²) in [5.41, 5.74) is 12.5. The van der Waals surface area contributed by atoms with Gasteiger partial charge < -0.3 is 24.8 Å². The van der Waals surface area contributed by atoms with E-state index in [4.69, 9.17) is 0 Å². The molecule has 0 aromatic heterocycles. The topological polar surface area (TPSA) is 0 Å². The maximum absolute atomic E-state index is 2.46. The van der Waals surface area contributed by atoms with Gasteiger partial charge in [0.25, 0.3) is 0 Å². The van der Waals surface area contributed by atoms with Crippen LogP contribution in [0.1, 0.15) is 136 Å². The minimum atomic E-state index is 0. The van der Waals surface area contributed by atoms with Gasteiger partial charge in [-0.05, 0) is 61.5 Å². The van der Waals surface area contributed by atoms with E-state index in [1.165, 1.54) is 72.5 Å². The van der Waals surface area contributed by atoms with E-state index in [9.17, 15) is 0 Å². The van der Waals surface area contributed by atoms with Crippen molar-refractivity contribution >= 4 is 21.5 Å². The van der Waals surface area contributed by atoms with E-state index >= 15 is 0 Å². The molecule has 1 aliphatic rings. The molecule has 249 valence electrons. The summed E-state index contributed by atoms with van der Waals surface area (Å²) >= 11 is 0. The molecule has 0 nitrogen and oxygen atoms in total. The summed E-state index contributed by atoms with van der Waals surface area (Å²) in [6, 6.07) is 30.4. The van der Waals surface area contributed by atoms with E-state index in [0.717, 1.165) is 0 Å². The molecule has 47 heavy (non-hydrogen) atoms. The zero-order valence-electron chi connectivity index (χ0n) is 31.0. The third-order valence-electron chi connectivity index (χ3n) is 9.72. The Balaban J connectivity index is 0.000000308. The molecular weight excluding hydrogens is 691 g/mol. The van der Waals surface area contributed by atoms with Crippen LogP contribution in [0, 0.1) is 0 Å². The Hall–Kier alpha value is -1.79. The van der Waals surface area contributed by atoms with Crippen LogP contribution in [0.5, 0.6) is 0 Å². The number of fused-ring (bicyclic) bond motifs is 6. The van der Waals surface area contributed by atoms with E-state index in [1.54, 1.807) is 0 Å². The second-order valence-corrected chi connectivity index (χ2v) is 17.3. The molecule has 0 bridgehead atoms. The largest absolute Gasteiger partial charge is 3.00 e. The summed E-state index contributed by atoms with van der Waals surface area (Å²) in [5.74, 6) is 0.546. The minimum Gasteiger partial charge on any atom is -1.00 e. The van der Waals surface area contributed by atoms with Gasteiger partial charge >= 0.3 is 26.2 Å². The Labute approximate surface area is 317 Å². The number of rotatable bonds is 1. The number of benzene rings is 4. The van der Waals surface area contributed by atoms with Crippen LogP contribution < -0.4 is 24.8 Å². The summed E-state index contributed by atoms with van der Waals surface area (Å²) in [6.45, 7) is 29.8. The van der Waals surface area contributed by atoms with Gasteiger partial charge in [-0.1, -0.05) is 162 Å². The van der Waals surface area contributed by atoms with Crippen LogP contribution in [0.15, 0.2) is 78.9 Å². The van der Waals surface area contributed by atoms with Crippen molar-refractivity contribution in [3.63, 3.8) is 0 Å². The van der Waals surface area contributed by atoms with Gasteiger partial charge in [0.2, 0.25) is 0 Å². The minimum absolute atomic E-state index is 0. The van der Waals surface area contributed by atoms with E-state index in [2.05, 4.69) is 169 Å². The molecule has 0 amide bonds. The molecule has 0 saturated carbocycles. The Kier molecular flexibility index (Phi) is 12.9. The summed E-state index contributed by atoms with van der Waals surface area (Å²) in [7, 11) is 0. The summed E-state index contributed by atoms with van der Waals surface area (Å²) < 4.78 is 0.